The summed E-state index contributed by atoms with van der Waals surface area (Å²) in [6.45, 7) is 5.79. The van der Waals surface area contributed by atoms with Gasteiger partial charge in [-0.05, 0) is 20.8 Å². The van der Waals surface area contributed by atoms with Crippen molar-refractivity contribution >= 4 is 12.0 Å². The zero-order chi connectivity index (χ0) is 12.3. The lowest BCUT2D eigenvalue weighted by Gasteiger charge is -2.19. The number of anilines is 1. The maximum Gasteiger partial charge on any atom is 0.407 e. The van der Waals surface area contributed by atoms with E-state index in [9.17, 15) is 4.79 Å². The third kappa shape index (κ3) is 3.45. The van der Waals surface area contributed by atoms with Crippen LogP contribution in [0.2, 0.25) is 0 Å². The van der Waals surface area contributed by atoms with Crippen molar-refractivity contribution in [3.05, 3.63) is 11.9 Å². The van der Waals surface area contributed by atoms with Crippen molar-refractivity contribution in [1.29, 1.82) is 0 Å². The quantitative estimate of drug-likeness (QED) is 0.789. The summed E-state index contributed by atoms with van der Waals surface area (Å²) in [5.41, 5.74) is 5.89. The summed E-state index contributed by atoms with van der Waals surface area (Å²) in [6, 6.07) is 0. The molecular weight excluding hydrogens is 208 g/mol. The molecule has 0 saturated carbocycles. The molecular formula is C10H18N4O2. The number of aromatic nitrogens is 2. The average molecular weight is 226 g/mol. The number of nitrogens with zero attached hydrogens (tertiary/aromatic N) is 2. The molecule has 90 valence electrons. The van der Waals surface area contributed by atoms with Gasteiger partial charge in [0.1, 0.15) is 5.60 Å². The Labute approximate surface area is 94.8 Å². The van der Waals surface area contributed by atoms with Crippen LogP contribution in [0, 0.1) is 0 Å². The van der Waals surface area contributed by atoms with Crippen molar-refractivity contribution in [2.45, 2.75) is 32.9 Å². The summed E-state index contributed by atoms with van der Waals surface area (Å²) < 4.78 is 6.80. The lowest BCUT2D eigenvalue weighted by molar-refractivity contribution is 0.0522. The maximum atomic E-state index is 11.4. The Morgan fingerprint density at radius 3 is 2.69 bits per heavy atom. The molecule has 0 aliphatic heterocycles. The van der Waals surface area contributed by atoms with E-state index in [1.54, 1.807) is 17.8 Å². The van der Waals surface area contributed by atoms with E-state index >= 15 is 0 Å². The normalized spacial score (nSPS) is 11.2. The number of carbonyl (C=O) groups is 1. The molecule has 0 spiro atoms. The molecule has 0 saturated heterocycles. The summed E-state index contributed by atoms with van der Waals surface area (Å²) in [6.07, 6.45) is 1.17. The van der Waals surface area contributed by atoms with Gasteiger partial charge < -0.3 is 20.4 Å². The summed E-state index contributed by atoms with van der Waals surface area (Å²) >= 11 is 0. The van der Waals surface area contributed by atoms with Crippen molar-refractivity contribution in [3.63, 3.8) is 0 Å². The largest absolute Gasteiger partial charge is 0.444 e. The van der Waals surface area contributed by atoms with Crippen LogP contribution in [0.1, 0.15) is 26.5 Å². The van der Waals surface area contributed by atoms with Crippen LogP contribution in [0.3, 0.4) is 0 Å². The molecule has 1 aromatic rings. The summed E-state index contributed by atoms with van der Waals surface area (Å²) in [4.78, 5) is 15.3. The Bertz CT molecular complexity index is 379. The number of hydrogen-bond acceptors (Lipinski definition) is 4. The molecule has 6 heteroatoms. The van der Waals surface area contributed by atoms with Crippen molar-refractivity contribution in [2.24, 2.45) is 7.05 Å². The summed E-state index contributed by atoms with van der Waals surface area (Å²) in [7, 11) is 1.79. The van der Waals surface area contributed by atoms with E-state index in [0.717, 1.165) is 5.69 Å². The van der Waals surface area contributed by atoms with Crippen LogP contribution in [0.5, 0.6) is 0 Å². The molecule has 6 nitrogen and oxygen atoms in total. The monoisotopic (exact) mass is 226 g/mol. The average Bonchev–Trinajstić information content (AvgIpc) is 2.42. The molecule has 3 N–H and O–H groups in total. The number of hydrogen-bond donors (Lipinski definition) is 2. The number of ether oxygens (including phenoxy) is 1. The topological polar surface area (TPSA) is 82.2 Å². The predicted octanol–water partition coefficient (Wildman–Crippen LogP) is 1.03. The molecule has 1 heterocycles. The molecule has 16 heavy (non-hydrogen) atoms. The van der Waals surface area contributed by atoms with Crippen LogP contribution in [-0.4, -0.2) is 21.2 Å². The van der Waals surface area contributed by atoms with Gasteiger partial charge in [-0.25, -0.2) is 9.78 Å². The number of nitrogens with two attached hydrogens (primary N) is 1. The minimum atomic E-state index is -0.491. The van der Waals surface area contributed by atoms with E-state index in [1.165, 1.54) is 0 Å². The molecule has 0 unspecified atom stereocenters. The van der Waals surface area contributed by atoms with Crippen molar-refractivity contribution in [1.82, 2.24) is 14.9 Å². The van der Waals surface area contributed by atoms with Gasteiger partial charge in [-0.1, -0.05) is 0 Å². The first kappa shape index (κ1) is 12.4. The number of nitrogens with one attached hydrogen (secondary N) is 1. The highest BCUT2D eigenvalue weighted by molar-refractivity contribution is 5.67. The number of alkyl carbamates (subject to hydrolysis) is 1. The number of rotatable bonds is 2. The van der Waals surface area contributed by atoms with Gasteiger partial charge in [0.2, 0.25) is 0 Å². The second-order valence-electron chi connectivity index (χ2n) is 4.52. The van der Waals surface area contributed by atoms with Gasteiger partial charge in [-0.2, -0.15) is 0 Å². The van der Waals surface area contributed by atoms with E-state index in [-0.39, 0.29) is 0 Å². The maximum absolute atomic E-state index is 11.4. The van der Waals surface area contributed by atoms with Gasteiger partial charge >= 0.3 is 6.09 Å². The van der Waals surface area contributed by atoms with Crippen LogP contribution in [0.25, 0.3) is 0 Å². The fraction of sp³-hybridized carbons (Fsp3) is 0.600. The van der Waals surface area contributed by atoms with Crippen LogP contribution < -0.4 is 11.1 Å². The first-order valence-electron chi connectivity index (χ1n) is 5.02. The Balaban J connectivity index is 2.47. The third-order valence-electron chi connectivity index (χ3n) is 1.93. The van der Waals surface area contributed by atoms with Gasteiger partial charge in [0, 0.05) is 7.05 Å². The van der Waals surface area contributed by atoms with Crippen LogP contribution >= 0.6 is 0 Å². The van der Waals surface area contributed by atoms with Gasteiger partial charge in [0.05, 0.1) is 18.4 Å². The molecule has 0 bridgehead atoms. The highest BCUT2D eigenvalue weighted by atomic mass is 16.6. The van der Waals surface area contributed by atoms with Crippen molar-refractivity contribution in [3.8, 4) is 0 Å². The predicted molar refractivity (Wildman–Crippen MR) is 60.7 cm³/mol. The van der Waals surface area contributed by atoms with E-state index in [4.69, 9.17) is 10.5 Å². The first-order valence-corrected chi connectivity index (χ1v) is 5.02. The van der Waals surface area contributed by atoms with E-state index in [0.29, 0.717) is 12.5 Å². The Morgan fingerprint density at radius 1 is 1.62 bits per heavy atom. The standard InChI is InChI=1S/C10H18N4O2/c1-10(2,3)16-9(15)13-6-7-5-12-8(11)14(7)4/h5H,6H2,1-4H3,(H2,11,12)(H,13,15). The SMILES string of the molecule is Cn1c(CNC(=O)OC(C)(C)C)cnc1N. The molecule has 1 rings (SSSR count). The summed E-state index contributed by atoms with van der Waals surface area (Å²) in [5, 5.41) is 2.63. The van der Waals surface area contributed by atoms with Crippen LogP contribution in [0.4, 0.5) is 10.7 Å². The van der Waals surface area contributed by atoms with Gasteiger partial charge in [-0.15, -0.1) is 0 Å². The van der Waals surface area contributed by atoms with Crippen molar-refractivity contribution < 1.29 is 9.53 Å². The molecule has 1 aromatic heterocycles. The number of carbonyl (C=O) groups excluding carboxylic acids is 1. The number of amides is 1. The van der Waals surface area contributed by atoms with Crippen molar-refractivity contribution in [2.75, 3.05) is 5.73 Å². The van der Waals surface area contributed by atoms with Gasteiger partial charge in [0.25, 0.3) is 0 Å². The number of imidazole rings is 1. The van der Waals surface area contributed by atoms with E-state index in [2.05, 4.69) is 10.3 Å². The van der Waals surface area contributed by atoms with Crippen LogP contribution in [-0.2, 0) is 18.3 Å². The fourth-order valence-electron chi connectivity index (χ4n) is 1.10. The highest BCUT2D eigenvalue weighted by Crippen LogP contribution is 2.07. The first-order chi connectivity index (χ1) is 7.29. The molecule has 0 radical (unpaired) electrons. The lowest BCUT2D eigenvalue weighted by Crippen LogP contribution is -2.32. The zero-order valence-corrected chi connectivity index (χ0v) is 10.1. The molecule has 0 fully saturated rings. The Kier molecular flexibility index (Phi) is 3.41. The minimum absolute atomic E-state index is 0.343. The number of nitrogen functional groups attached to an aromatic ring is 1. The van der Waals surface area contributed by atoms with Gasteiger partial charge in [-0.3, -0.25) is 0 Å². The molecule has 0 aromatic carbocycles. The van der Waals surface area contributed by atoms with E-state index in [1.807, 2.05) is 20.8 Å². The zero-order valence-electron chi connectivity index (χ0n) is 10.1. The Morgan fingerprint density at radius 2 is 2.25 bits per heavy atom. The van der Waals surface area contributed by atoms with Crippen LogP contribution in [0.15, 0.2) is 6.20 Å². The second-order valence-corrected chi connectivity index (χ2v) is 4.52. The smallest absolute Gasteiger partial charge is 0.407 e. The molecule has 1 amide bonds. The molecule has 0 aliphatic rings. The van der Waals surface area contributed by atoms with E-state index < -0.39 is 11.7 Å². The lowest BCUT2D eigenvalue weighted by atomic mass is 10.2. The molecule has 0 aliphatic carbocycles. The summed E-state index contributed by atoms with van der Waals surface area (Å²) in [5.74, 6) is 0.418. The van der Waals surface area contributed by atoms with Gasteiger partial charge in [0.15, 0.2) is 5.95 Å². The third-order valence-corrected chi connectivity index (χ3v) is 1.93. The Hall–Kier alpha value is -1.72. The fourth-order valence-corrected chi connectivity index (χ4v) is 1.10. The highest BCUT2D eigenvalue weighted by Gasteiger charge is 2.16. The minimum Gasteiger partial charge on any atom is -0.444 e. The second kappa shape index (κ2) is 4.42. The molecule has 0 atom stereocenters.